The molecule has 8 nitrogen and oxygen atoms in total. The Morgan fingerprint density at radius 3 is 2.56 bits per heavy atom. The SMILES string of the molecule is CCN(CC)C(=O)c1cc(-c2ccc(C)o2)nn1-c1cccc([N+](=O)[O-])c1. The number of hydrogen-bond donors (Lipinski definition) is 0. The molecule has 2 heterocycles. The van der Waals surface area contributed by atoms with E-state index in [1.807, 2.05) is 26.8 Å². The second-order valence-corrected chi connectivity index (χ2v) is 5.99. The largest absolute Gasteiger partial charge is 0.460 e. The molecule has 0 atom stereocenters. The molecule has 1 amide bonds. The normalized spacial score (nSPS) is 10.8. The van der Waals surface area contributed by atoms with E-state index in [-0.39, 0.29) is 11.6 Å². The number of benzene rings is 1. The van der Waals surface area contributed by atoms with Gasteiger partial charge in [0.15, 0.2) is 5.76 Å². The van der Waals surface area contributed by atoms with Gasteiger partial charge in [0.1, 0.15) is 17.1 Å². The van der Waals surface area contributed by atoms with E-state index in [4.69, 9.17) is 4.42 Å². The maximum atomic E-state index is 13.0. The molecule has 0 aliphatic carbocycles. The first-order chi connectivity index (χ1) is 12.9. The Morgan fingerprint density at radius 1 is 1.22 bits per heavy atom. The lowest BCUT2D eigenvalue weighted by Crippen LogP contribution is -2.32. The Morgan fingerprint density at radius 2 is 1.96 bits per heavy atom. The van der Waals surface area contributed by atoms with Crippen molar-refractivity contribution in [1.82, 2.24) is 14.7 Å². The number of aromatic nitrogens is 2. The van der Waals surface area contributed by atoms with Crippen LogP contribution in [0.15, 0.2) is 46.9 Å². The molecule has 8 heteroatoms. The number of carbonyl (C=O) groups is 1. The minimum atomic E-state index is -0.477. The molecule has 0 fully saturated rings. The van der Waals surface area contributed by atoms with E-state index in [2.05, 4.69) is 5.10 Å². The highest BCUT2D eigenvalue weighted by molar-refractivity contribution is 5.94. The summed E-state index contributed by atoms with van der Waals surface area (Å²) in [5, 5.41) is 15.6. The quantitative estimate of drug-likeness (QED) is 0.487. The predicted molar refractivity (Wildman–Crippen MR) is 99.9 cm³/mol. The van der Waals surface area contributed by atoms with Gasteiger partial charge in [-0.2, -0.15) is 5.10 Å². The molecule has 0 spiro atoms. The maximum Gasteiger partial charge on any atom is 0.272 e. The summed E-state index contributed by atoms with van der Waals surface area (Å²) in [6.45, 7) is 6.71. The van der Waals surface area contributed by atoms with Crippen LogP contribution in [-0.2, 0) is 0 Å². The van der Waals surface area contributed by atoms with Gasteiger partial charge in [-0.15, -0.1) is 0 Å². The zero-order valence-electron chi connectivity index (χ0n) is 15.4. The van der Waals surface area contributed by atoms with E-state index < -0.39 is 4.92 Å². The molecule has 0 unspecified atom stereocenters. The Balaban J connectivity index is 2.16. The molecule has 0 saturated heterocycles. The highest BCUT2D eigenvalue weighted by Crippen LogP contribution is 2.26. The van der Waals surface area contributed by atoms with Gasteiger partial charge in [-0.1, -0.05) is 6.07 Å². The van der Waals surface area contributed by atoms with E-state index in [1.165, 1.54) is 16.8 Å². The molecule has 0 bridgehead atoms. The van der Waals surface area contributed by atoms with Crippen LogP contribution in [0.3, 0.4) is 0 Å². The predicted octanol–water partition coefficient (Wildman–Crippen LogP) is 3.83. The fourth-order valence-electron chi connectivity index (χ4n) is 2.83. The van der Waals surface area contributed by atoms with Crippen molar-refractivity contribution in [2.45, 2.75) is 20.8 Å². The summed E-state index contributed by atoms with van der Waals surface area (Å²) in [4.78, 5) is 25.3. The van der Waals surface area contributed by atoms with Crippen molar-refractivity contribution in [3.8, 4) is 17.1 Å². The molecule has 3 rings (SSSR count). The molecule has 0 N–H and O–H groups in total. The number of nitrogens with zero attached hydrogens (tertiary/aromatic N) is 4. The zero-order chi connectivity index (χ0) is 19.6. The first-order valence-corrected chi connectivity index (χ1v) is 8.65. The first kappa shape index (κ1) is 18.4. The van der Waals surface area contributed by atoms with Crippen LogP contribution in [-0.4, -0.2) is 38.6 Å². The van der Waals surface area contributed by atoms with E-state index in [1.54, 1.807) is 29.2 Å². The Labute approximate surface area is 156 Å². The Hall–Kier alpha value is -3.42. The number of nitro benzene ring substituents is 1. The summed E-state index contributed by atoms with van der Waals surface area (Å²) >= 11 is 0. The van der Waals surface area contributed by atoms with Crippen molar-refractivity contribution >= 4 is 11.6 Å². The fraction of sp³-hybridized carbons (Fsp3) is 0.263. The number of carbonyl (C=O) groups excluding carboxylic acids is 1. The monoisotopic (exact) mass is 368 g/mol. The van der Waals surface area contributed by atoms with E-state index in [0.717, 1.165) is 5.76 Å². The smallest absolute Gasteiger partial charge is 0.272 e. The number of non-ortho nitro benzene ring substituents is 1. The number of rotatable bonds is 6. The highest BCUT2D eigenvalue weighted by atomic mass is 16.6. The molecule has 0 aliphatic rings. The van der Waals surface area contributed by atoms with E-state index in [0.29, 0.717) is 35.9 Å². The number of nitro groups is 1. The molecule has 0 saturated carbocycles. The third-order valence-electron chi connectivity index (χ3n) is 4.26. The van der Waals surface area contributed by atoms with Gasteiger partial charge < -0.3 is 9.32 Å². The van der Waals surface area contributed by atoms with Crippen LogP contribution in [0.1, 0.15) is 30.1 Å². The van der Waals surface area contributed by atoms with Crippen molar-refractivity contribution in [2.75, 3.05) is 13.1 Å². The van der Waals surface area contributed by atoms with Gasteiger partial charge in [0.05, 0.1) is 10.6 Å². The zero-order valence-corrected chi connectivity index (χ0v) is 15.4. The lowest BCUT2D eigenvalue weighted by molar-refractivity contribution is -0.384. The van der Waals surface area contributed by atoms with E-state index >= 15 is 0 Å². The number of aryl methyl sites for hydroxylation is 1. The van der Waals surface area contributed by atoms with Crippen LogP contribution in [0.5, 0.6) is 0 Å². The molecule has 27 heavy (non-hydrogen) atoms. The molecule has 0 radical (unpaired) electrons. The minimum absolute atomic E-state index is 0.0698. The highest BCUT2D eigenvalue weighted by Gasteiger charge is 2.23. The third-order valence-corrected chi connectivity index (χ3v) is 4.26. The van der Waals surface area contributed by atoms with Crippen molar-refractivity contribution in [3.63, 3.8) is 0 Å². The summed E-state index contributed by atoms with van der Waals surface area (Å²) in [6, 6.07) is 11.3. The van der Waals surface area contributed by atoms with Crippen molar-refractivity contribution in [1.29, 1.82) is 0 Å². The van der Waals surface area contributed by atoms with Gasteiger partial charge in [-0.25, -0.2) is 4.68 Å². The lowest BCUT2D eigenvalue weighted by Gasteiger charge is -2.19. The Bertz CT molecular complexity index is 985. The molecule has 2 aromatic heterocycles. The van der Waals surface area contributed by atoms with Crippen LogP contribution < -0.4 is 0 Å². The second-order valence-electron chi connectivity index (χ2n) is 5.99. The minimum Gasteiger partial charge on any atom is -0.460 e. The average Bonchev–Trinajstić information content (AvgIpc) is 3.29. The summed E-state index contributed by atoms with van der Waals surface area (Å²) < 4.78 is 7.05. The number of hydrogen-bond acceptors (Lipinski definition) is 5. The molecular weight excluding hydrogens is 348 g/mol. The number of amides is 1. The van der Waals surface area contributed by atoms with Gasteiger partial charge >= 0.3 is 0 Å². The Kier molecular flexibility index (Phi) is 5.07. The average molecular weight is 368 g/mol. The van der Waals surface area contributed by atoms with Gasteiger partial charge in [-0.05, 0) is 39.0 Å². The van der Waals surface area contributed by atoms with Crippen LogP contribution in [0, 0.1) is 17.0 Å². The van der Waals surface area contributed by atoms with Gasteiger partial charge in [-0.3, -0.25) is 14.9 Å². The number of furan rings is 1. The van der Waals surface area contributed by atoms with Crippen molar-refractivity contribution in [3.05, 3.63) is 64.0 Å². The van der Waals surface area contributed by atoms with Crippen LogP contribution in [0.25, 0.3) is 17.1 Å². The molecular formula is C19H20N4O4. The van der Waals surface area contributed by atoms with E-state index in [9.17, 15) is 14.9 Å². The molecule has 3 aromatic rings. The molecule has 140 valence electrons. The maximum absolute atomic E-state index is 13.0. The van der Waals surface area contributed by atoms with Gasteiger partial charge in [0.25, 0.3) is 11.6 Å². The first-order valence-electron chi connectivity index (χ1n) is 8.65. The molecule has 0 aliphatic heterocycles. The molecule has 1 aromatic carbocycles. The summed E-state index contributed by atoms with van der Waals surface area (Å²) in [7, 11) is 0. The third kappa shape index (κ3) is 3.59. The van der Waals surface area contributed by atoms with Gasteiger partial charge in [0, 0.05) is 31.3 Å². The lowest BCUT2D eigenvalue weighted by atomic mass is 10.2. The summed E-state index contributed by atoms with van der Waals surface area (Å²) in [5.74, 6) is 1.06. The summed E-state index contributed by atoms with van der Waals surface area (Å²) in [6.07, 6.45) is 0. The topological polar surface area (TPSA) is 94.4 Å². The standard InChI is InChI=1S/C19H20N4O4/c1-4-21(5-2)19(24)17-12-16(18-10-9-13(3)27-18)20-22(17)14-7-6-8-15(11-14)23(25)26/h6-12H,4-5H2,1-3H3. The van der Waals surface area contributed by atoms with Crippen molar-refractivity contribution in [2.24, 2.45) is 0 Å². The van der Waals surface area contributed by atoms with Crippen LogP contribution in [0.2, 0.25) is 0 Å². The second kappa shape index (κ2) is 7.45. The van der Waals surface area contributed by atoms with Crippen molar-refractivity contribution < 1.29 is 14.1 Å². The summed E-state index contributed by atoms with van der Waals surface area (Å²) in [5.41, 5.74) is 1.18. The van der Waals surface area contributed by atoms with Crippen LogP contribution >= 0.6 is 0 Å². The van der Waals surface area contributed by atoms with Gasteiger partial charge in [0.2, 0.25) is 0 Å². The van der Waals surface area contributed by atoms with Crippen LogP contribution in [0.4, 0.5) is 5.69 Å². The fourth-order valence-corrected chi connectivity index (χ4v) is 2.83.